The molecule has 7 nitrogen and oxygen atoms in total. The predicted molar refractivity (Wildman–Crippen MR) is 63.0 cm³/mol. The van der Waals surface area contributed by atoms with Gasteiger partial charge in [-0.15, -0.1) is 0 Å². The summed E-state index contributed by atoms with van der Waals surface area (Å²) in [4.78, 5) is 21.8. The number of hydrogen-bond acceptors (Lipinski definition) is 5. The Hall–Kier alpha value is -1.60. The number of halogens is 1. The summed E-state index contributed by atoms with van der Waals surface area (Å²) in [6, 6.07) is 0. The molecule has 94 valence electrons. The highest BCUT2D eigenvalue weighted by molar-refractivity contribution is 6.32. The summed E-state index contributed by atoms with van der Waals surface area (Å²) in [6.07, 6.45) is 1.44. The van der Waals surface area contributed by atoms with E-state index in [0.29, 0.717) is 12.2 Å². The number of nitrogens with two attached hydrogens (primary N) is 1. The maximum Gasteiger partial charge on any atom is 0.287 e. The van der Waals surface area contributed by atoms with E-state index in [4.69, 9.17) is 22.1 Å². The summed E-state index contributed by atoms with van der Waals surface area (Å²) >= 11 is 5.81. The highest BCUT2D eigenvalue weighted by Crippen LogP contribution is 2.14. The van der Waals surface area contributed by atoms with Gasteiger partial charge < -0.3 is 15.8 Å². The van der Waals surface area contributed by atoms with Gasteiger partial charge in [-0.05, 0) is 0 Å². The summed E-state index contributed by atoms with van der Waals surface area (Å²) in [5.41, 5.74) is 4.94. The van der Waals surface area contributed by atoms with Crippen LogP contribution in [0, 0.1) is 0 Å². The molecule has 1 rings (SSSR count). The fourth-order valence-corrected chi connectivity index (χ4v) is 1.30. The minimum Gasteiger partial charge on any atom is -0.380 e. The molecule has 0 radical (unpaired) electrons. The summed E-state index contributed by atoms with van der Waals surface area (Å²) < 4.78 is 6.06. The first-order valence-electron chi connectivity index (χ1n) is 4.84. The van der Waals surface area contributed by atoms with Gasteiger partial charge in [0.15, 0.2) is 0 Å². The number of rotatable bonds is 6. The number of aryl methyl sites for hydroxylation is 1. The fourth-order valence-electron chi connectivity index (χ4n) is 1.06. The normalized spacial score (nSPS) is 10.2. The molecule has 0 aliphatic heterocycles. The molecule has 1 heterocycles. The molecule has 1 aromatic heterocycles. The highest BCUT2D eigenvalue weighted by Gasteiger charge is 2.06. The molecule has 0 bridgehead atoms. The van der Waals surface area contributed by atoms with Gasteiger partial charge in [0.25, 0.3) is 5.56 Å². The predicted octanol–water partition coefficient (Wildman–Crippen LogP) is -0.652. The van der Waals surface area contributed by atoms with Crippen molar-refractivity contribution < 1.29 is 9.53 Å². The molecule has 0 spiro atoms. The molecule has 0 saturated carbocycles. The molecule has 3 N–H and O–H groups in total. The molecule has 1 aromatic rings. The van der Waals surface area contributed by atoms with Crippen LogP contribution in [0.1, 0.15) is 0 Å². The lowest BCUT2D eigenvalue weighted by Gasteiger charge is -2.08. The van der Waals surface area contributed by atoms with E-state index in [2.05, 4.69) is 10.4 Å². The Kier molecular flexibility index (Phi) is 4.92. The second-order valence-electron chi connectivity index (χ2n) is 3.25. The standard InChI is InChI=1S/C9H13ClN4O3/c1-14-9(16)8(10)6(4-13-14)12-2-3-17-5-7(11)15/h4,12H,2-3,5H2,1H3,(H2,11,15). The summed E-state index contributed by atoms with van der Waals surface area (Å²) in [5.74, 6) is -0.529. The van der Waals surface area contributed by atoms with Crippen LogP contribution in [-0.4, -0.2) is 35.4 Å². The molecular weight excluding hydrogens is 248 g/mol. The van der Waals surface area contributed by atoms with Crippen LogP contribution in [-0.2, 0) is 16.6 Å². The second kappa shape index (κ2) is 6.21. The van der Waals surface area contributed by atoms with Crippen LogP contribution in [0.4, 0.5) is 5.69 Å². The van der Waals surface area contributed by atoms with Crippen LogP contribution in [0.2, 0.25) is 5.02 Å². The lowest BCUT2D eigenvalue weighted by molar-refractivity contribution is -0.122. The molecule has 0 atom stereocenters. The zero-order valence-corrected chi connectivity index (χ0v) is 10.0. The summed E-state index contributed by atoms with van der Waals surface area (Å²) in [7, 11) is 1.51. The number of hydrogen-bond donors (Lipinski definition) is 2. The average molecular weight is 261 g/mol. The molecular formula is C9H13ClN4O3. The molecule has 0 fully saturated rings. The van der Waals surface area contributed by atoms with Gasteiger partial charge >= 0.3 is 0 Å². The topological polar surface area (TPSA) is 99.2 Å². The van der Waals surface area contributed by atoms with Crippen molar-refractivity contribution in [3.05, 3.63) is 21.6 Å². The van der Waals surface area contributed by atoms with Crippen molar-refractivity contribution in [3.63, 3.8) is 0 Å². The number of nitrogens with one attached hydrogen (secondary N) is 1. The molecule has 1 amide bonds. The molecule has 8 heteroatoms. The largest absolute Gasteiger partial charge is 0.380 e. The van der Waals surface area contributed by atoms with Gasteiger partial charge in [-0.2, -0.15) is 5.10 Å². The van der Waals surface area contributed by atoms with E-state index >= 15 is 0 Å². The van der Waals surface area contributed by atoms with Crippen molar-refractivity contribution in [2.75, 3.05) is 25.1 Å². The second-order valence-corrected chi connectivity index (χ2v) is 3.62. The minimum absolute atomic E-state index is 0.0670. The smallest absolute Gasteiger partial charge is 0.287 e. The Balaban J connectivity index is 2.45. The number of anilines is 1. The van der Waals surface area contributed by atoms with Gasteiger partial charge in [-0.1, -0.05) is 11.6 Å². The van der Waals surface area contributed by atoms with Crippen molar-refractivity contribution in [2.24, 2.45) is 12.8 Å². The Morgan fingerprint density at radius 3 is 3.06 bits per heavy atom. The molecule has 0 aromatic carbocycles. The quantitative estimate of drug-likeness (QED) is 0.662. The molecule has 0 unspecified atom stereocenters. The Bertz CT molecular complexity index is 460. The van der Waals surface area contributed by atoms with E-state index in [0.717, 1.165) is 4.68 Å². The van der Waals surface area contributed by atoms with Gasteiger partial charge in [0.05, 0.1) is 18.5 Å². The first kappa shape index (κ1) is 13.5. The Morgan fingerprint density at radius 1 is 1.71 bits per heavy atom. The lowest BCUT2D eigenvalue weighted by Crippen LogP contribution is -2.23. The lowest BCUT2D eigenvalue weighted by atomic mass is 10.4. The maximum absolute atomic E-state index is 11.4. The Morgan fingerprint density at radius 2 is 2.41 bits per heavy atom. The van der Waals surface area contributed by atoms with Gasteiger partial charge in [-0.3, -0.25) is 9.59 Å². The third-order valence-electron chi connectivity index (χ3n) is 1.88. The molecule has 0 aliphatic rings. The molecule has 0 aliphatic carbocycles. The van der Waals surface area contributed by atoms with Crippen LogP contribution < -0.4 is 16.6 Å². The van der Waals surface area contributed by atoms with E-state index in [9.17, 15) is 9.59 Å². The van der Waals surface area contributed by atoms with Crippen molar-refractivity contribution in [1.29, 1.82) is 0 Å². The van der Waals surface area contributed by atoms with Crippen LogP contribution in [0.3, 0.4) is 0 Å². The SMILES string of the molecule is Cn1ncc(NCCOCC(N)=O)c(Cl)c1=O. The van der Waals surface area contributed by atoms with Crippen molar-refractivity contribution in [3.8, 4) is 0 Å². The number of ether oxygens (including phenoxy) is 1. The third-order valence-corrected chi connectivity index (χ3v) is 2.25. The van der Waals surface area contributed by atoms with E-state index in [1.54, 1.807) is 0 Å². The first-order valence-corrected chi connectivity index (χ1v) is 5.22. The number of aromatic nitrogens is 2. The zero-order valence-electron chi connectivity index (χ0n) is 9.27. The number of carbonyl (C=O) groups excluding carboxylic acids is 1. The maximum atomic E-state index is 11.4. The van der Waals surface area contributed by atoms with E-state index in [-0.39, 0.29) is 23.8 Å². The van der Waals surface area contributed by atoms with Crippen LogP contribution in [0.5, 0.6) is 0 Å². The Labute approximate surface area is 103 Å². The van der Waals surface area contributed by atoms with E-state index in [1.807, 2.05) is 0 Å². The fraction of sp³-hybridized carbons (Fsp3) is 0.444. The third kappa shape index (κ3) is 4.04. The van der Waals surface area contributed by atoms with E-state index in [1.165, 1.54) is 13.2 Å². The highest BCUT2D eigenvalue weighted by atomic mass is 35.5. The number of nitrogens with zero attached hydrogens (tertiary/aromatic N) is 2. The van der Waals surface area contributed by atoms with E-state index < -0.39 is 5.91 Å². The van der Waals surface area contributed by atoms with Crippen LogP contribution in [0.15, 0.2) is 11.0 Å². The van der Waals surface area contributed by atoms with Gasteiger partial charge in [0.1, 0.15) is 11.6 Å². The van der Waals surface area contributed by atoms with Crippen LogP contribution >= 0.6 is 11.6 Å². The molecule has 0 saturated heterocycles. The number of amides is 1. The summed E-state index contributed by atoms with van der Waals surface area (Å²) in [5, 5.41) is 6.75. The monoisotopic (exact) mass is 260 g/mol. The van der Waals surface area contributed by atoms with Gasteiger partial charge in [-0.25, -0.2) is 4.68 Å². The average Bonchev–Trinajstić information content (AvgIpc) is 2.28. The van der Waals surface area contributed by atoms with Gasteiger partial charge in [0.2, 0.25) is 5.91 Å². The number of carbonyl (C=O) groups is 1. The van der Waals surface area contributed by atoms with Crippen molar-refractivity contribution in [2.45, 2.75) is 0 Å². The van der Waals surface area contributed by atoms with Gasteiger partial charge in [0, 0.05) is 13.6 Å². The summed E-state index contributed by atoms with van der Waals surface area (Å²) in [6.45, 7) is 0.528. The number of primary amides is 1. The van der Waals surface area contributed by atoms with Crippen molar-refractivity contribution >= 4 is 23.2 Å². The van der Waals surface area contributed by atoms with Crippen molar-refractivity contribution in [1.82, 2.24) is 9.78 Å². The minimum atomic E-state index is -0.529. The molecule has 17 heavy (non-hydrogen) atoms. The van der Waals surface area contributed by atoms with Crippen LogP contribution in [0.25, 0.3) is 0 Å². The zero-order chi connectivity index (χ0) is 12.8. The first-order chi connectivity index (χ1) is 8.02.